The quantitative estimate of drug-likeness (QED) is 0.284. The van der Waals surface area contributed by atoms with Crippen molar-refractivity contribution in [3.8, 4) is 0 Å². The maximum absolute atomic E-state index is 11.6. The zero-order chi connectivity index (χ0) is 19.3. The van der Waals surface area contributed by atoms with Crippen LogP contribution in [0.1, 0.15) is 37.3 Å². The van der Waals surface area contributed by atoms with E-state index in [-0.39, 0.29) is 36.4 Å². The molecule has 0 spiro atoms. The number of carbonyl (C=O) groups excluding carboxylic acids is 1. The third-order valence-corrected chi connectivity index (χ3v) is 4.23. The minimum atomic E-state index is -0.0684. The van der Waals surface area contributed by atoms with Crippen LogP contribution in [-0.2, 0) is 4.79 Å². The molecule has 0 aliphatic carbocycles. The van der Waals surface area contributed by atoms with Gasteiger partial charge in [0.05, 0.1) is 0 Å². The van der Waals surface area contributed by atoms with Crippen molar-refractivity contribution in [1.82, 2.24) is 16.0 Å². The lowest BCUT2D eigenvalue weighted by atomic mass is 9.88. The highest BCUT2D eigenvalue weighted by Crippen LogP contribution is 2.27. The molecule has 0 aromatic heterocycles. The van der Waals surface area contributed by atoms with Crippen molar-refractivity contribution in [2.45, 2.75) is 26.2 Å². The van der Waals surface area contributed by atoms with Crippen LogP contribution in [0, 0.1) is 0 Å². The van der Waals surface area contributed by atoms with Crippen LogP contribution in [0.15, 0.2) is 65.7 Å². The molecule has 0 unspecified atom stereocenters. The second kappa shape index (κ2) is 14.0. The minimum Gasteiger partial charge on any atom is -0.357 e. The number of aliphatic imine (C=N–C) groups is 1. The summed E-state index contributed by atoms with van der Waals surface area (Å²) in [4.78, 5) is 16.0. The first kappa shape index (κ1) is 23.9. The first-order valence-corrected chi connectivity index (χ1v) is 9.63. The standard InChI is InChI=1S/C22H30N4O.HI/c1-3-23-21(27)17-26-22(24-4-2)25-16-15-20(18-11-7-5-8-12-18)19-13-9-6-10-14-19;/h5-14,20H,3-4,15-17H2,1-2H3,(H,23,27)(H2,24,25,26);1H. The predicted molar refractivity (Wildman–Crippen MR) is 127 cm³/mol. The Morgan fingerprint density at radius 2 is 1.39 bits per heavy atom. The molecule has 2 aromatic rings. The van der Waals surface area contributed by atoms with Gasteiger partial charge in [-0.25, -0.2) is 4.99 Å². The summed E-state index contributed by atoms with van der Waals surface area (Å²) >= 11 is 0. The van der Waals surface area contributed by atoms with Gasteiger partial charge in [0, 0.05) is 25.6 Å². The van der Waals surface area contributed by atoms with E-state index in [0.29, 0.717) is 18.4 Å². The van der Waals surface area contributed by atoms with Gasteiger partial charge in [-0.15, -0.1) is 24.0 Å². The van der Waals surface area contributed by atoms with Crippen LogP contribution in [0.3, 0.4) is 0 Å². The van der Waals surface area contributed by atoms with E-state index in [2.05, 4.69) is 69.5 Å². The molecular weight excluding hydrogens is 463 g/mol. The number of rotatable bonds is 9. The number of carbonyl (C=O) groups is 1. The van der Waals surface area contributed by atoms with Crippen molar-refractivity contribution in [1.29, 1.82) is 0 Å². The third-order valence-electron chi connectivity index (χ3n) is 4.23. The molecule has 1 amide bonds. The Morgan fingerprint density at radius 3 is 1.89 bits per heavy atom. The molecule has 0 heterocycles. The van der Waals surface area contributed by atoms with Crippen molar-refractivity contribution in [3.63, 3.8) is 0 Å². The second-order valence-electron chi connectivity index (χ2n) is 6.24. The van der Waals surface area contributed by atoms with Gasteiger partial charge in [-0.3, -0.25) is 4.79 Å². The predicted octanol–water partition coefficient (Wildman–Crippen LogP) is 3.52. The first-order chi connectivity index (χ1) is 13.2. The molecule has 3 N–H and O–H groups in total. The highest BCUT2D eigenvalue weighted by atomic mass is 127. The maximum Gasteiger partial charge on any atom is 0.241 e. The van der Waals surface area contributed by atoms with Gasteiger partial charge in [-0.2, -0.15) is 0 Å². The molecule has 2 rings (SSSR count). The molecule has 5 nitrogen and oxygen atoms in total. The Labute approximate surface area is 185 Å². The molecule has 2 aromatic carbocycles. The zero-order valence-electron chi connectivity index (χ0n) is 16.7. The number of likely N-dealkylation sites (N-methyl/N-ethyl adjacent to an activating group) is 1. The molecule has 0 bridgehead atoms. The number of guanidine groups is 1. The number of nitrogens with one attached hydrogen (secondary N) is 3. The van der Waals surface area contributed by atoms with Crippen LogP contribution in [0.5, 0.6) is 0 Å². The van der Waals surface area contributed by atoms with Crippen LogP contribution < -0.4 is 16.0 Å². The molecule has 0 radical (unpaired) electrons. The van der Waals surface area contributed by atoms with E-state index in [1.807, 2.05) is 26.0 Å². The molecule has 6 heteroatoms. The van der Waals surface area contributed by atoms with E-state index in [9.17, 15) is 4.79 Å². The first-order valence-electron chi connectivity index (χ1n) is 9.63. The van der Waals surface area contributed by atoms with Crippen LogP contribution in [-0.4, -0.2) is 38.0 Å². The van der Waals surface area contributed by atoms with Gasteiger partial charge < -0.3 is 16.0 Å². The topological polar surface area (TPSA) is 65.5 Å². The fourth-order valence-electron chi connectivity index (χ4n) is 2.98. The van der Waals surface area contributed by atoms with Crippen molar-refractivity contribution in [3.05, 3.63) is 71.8 Å². The Bertz CT molecular complexity index is 667. The van der Waals surface area contributed by atoms with Crippen LogP contribution in [0.4, 0.5) is 0 Å². The van der Waals surface area contributed by atoms with Crippen LogP contribution in [0.2, 0.25) is 0 Å². The average molecular weight is 494 g/mol. The van der Waals surface area contributed by atoms with E-state index in [0.717, 1.165) is 19.5 Å². The van der Waals surface area contributed by atoms with E-state index >= 15 is 0 Å². The van der Waals surface area contributed by atoms with Gasteiger partial charge in [-0.1, -0.05) is 60.7 Å². The summed E-state index contributed by atoms with van der Waals surface area (Å²) in [6, 6.07) is 21.1. The average Bonchev–Trinajstić information content (AvgIpc) is 2.71. The number of hydrogen-bond donors (Lipinski definition) is 3. The lowest BCUT2D eigenvalue weighted by molar-refractivity contribution is -0.119. The lowest BCUT2D eigenvalue weighted by Gasteiger charge is -2.19. The van der Waals surface area contributed by atoms with Crippen LogP contribution in [0.25, 0.3) is 0 Å². The van der Waals surface area contributed by atoms with Gasteiger partial charge in [0.15, 0.2) is 5.96 Å². The van der Waals surface area contributed by atoms with Crippen LogP contribution >= 0.6 is 24.0 Å². The van der Waals surface area contributed by atoms with Gasteiger partial charge in [-0.05, 0) is 31.4 Å². The highest BCUT2D eigenvalue weighted by Gasteiger charge is 2.13. The molecule has 0 fully saturated rings. The molecule has 152 valence electrons. The molecule has 28 heavy (non-hydrogen) atoms. The SMILES string of the molecule is CCNC(=O)CN=C(NCC)NCCC(c1ccccc1)c1ccccc1.I. The smallest absolute Gasteiger partial charge is 0.241 e. The van der Waals surface area contributed by atoms with Gasteiger partial charge in [0.1, 0.15) is 6.54 Å². The summed E-state index contributed by atoms with van der Waals surface area (Å²) in [6.07, 6.45) is 0.930. The van der Waals surface area contributed by atoms with Crippen molar-refractivity contribution in [2.24, 2.45) is 4.99 Å². The van der Waals surface area contributed by atoms with E-state index in [1.165, 1.54) is 11.1 Å². The summed E-state index contributed by atoms with van der Waals surface area (Å²) in [6.45, 7) is 6.17. The fraction of sp³-hybridized carbons (Fsp3) is 0.364. The molecule has 0 aliphatic heterocycles. The zero-order valence-corrected chi connectivity index (χ0v) is 19.0. The molecule has 0 saturated carbocycles. The molecule has 0 saturated heterocycles. The van der Waals surface area contributed by atoms with E-state index in [4.69, 9.17) is 0 Å². The monoisotopic (exact) mass is 494 g/mol. The number of benzene rings is 2. The van der Waals surface area contributed by atoms with Crippen molar-refractivity contribution >= 4 is 35.8 Å². The summed E-state index contributed by atoms with van der Waals surface area (Å²) in [5, 5.41) is 9.30. The maximum atomic E-state index is 11.6. The van der Waals surface area contributed by atoms with Gasteiger partial charge >= 0.3 is 0 Å². The van der Waals surface area contributed by atoms with Crippen molar-refractivity contribution in [2.75, 3.05) is 26.2 Å². The van der Waals surface area contributed by atoms with E-state index in [1.54, 1.807) is 0 Å². The minimum absolute atomic E-state index is 0. The lowest BCUT2D eigenvalue weighted by Crippen LogP contribution is -2.39. The van der Waals surface area contributed by atoms with Gasteiger partial charge in [0.25, 0.3) is 0 Å². The Balaban J connectivity index is 0.00000392. The molecule has 0 aliphatic rings. The summed E-state index contributed by atoms with van der Waals surface area (Å²) < 4.78 is 0. The molecular formula is C22H31IN4O. The van der Waals surface area contributed by atoms with Crippen molar-refractivity contribution < 1.29 is 4.79 Å². The van der Waals surface area contributed by atoms with E-state index < -0.39 is 0 Å². The van der Waals surface area contributed by atoms with Gasteiger partial charge in [0.2, 0.25) is 5.91 Å². The summed E-state index contributed by atoms with van der Waals surface area (Å²) in [5.41, 5.74) is 2.60. The number of nitrogens with zero attached hydrogens (tertiary/aromatic N) is 1. The largest absolute Gasteiger partial charge is 0.357 e. The number of amides is 1. The second-order valence-corrected chi connectivity index (χ2v) is 6.24. The molecule has 0 atom stereocenters. The normalized spacial score (nSPS) is 10.9. The Hall–Kier alpha value is -2.09. The fourth-order valence-corrected chi connectivity index (χ4v) is 2.98. The number of halogens is 1. The number of hydrogen-bond acceptors (Lipinski definition) is 2. The summed E-state index contributed by atoms with van der Waals surface area (Å²) in [7, 11) is 0. The Kier molecular flexibility index (Phi) is 12.0. The highest BCUT2D eigenvalue weighted by molar-refractivity contribution is 14.0. The third kappa shape index (κ3) is 8.29. The summed E-state index contributed by atoms with van der Waals surface area (Å²) in [5.74, 6) is 0.913. The Morgan fingerprint density at radius 1 is 0.857 bits per heavy atom.